The van der Waals surface area contributed by atoms with Crippen LogP contribution in [0.15, 0.2) is 0 Å². The molecule has 1 N–H and O–H groups in total. The lowest BCUT2D eigenvalue weighted by Gasteiger charge is -2.23. The van der Waals surface area contributed by atoms with E-state index in [0.717, 1.165) is 12.8 Å². The standard InChI is InChI=1S/C10H18F3N/c1-9(6-7-9)8(14-2)4-3-5-10(11,12)13/h8,14H,3-7H2,1-2H3. The summed E-state index contributed by atoms with van der Waals surface area (Å²) in [6.45, 7) is 2.14. The fourth-order valence-electron chi connectivity index (χ4n) is 1.89. The Kier molecular flexibility index (Phi) is 3.45. The van der Waals surface area contributed by atoms with E-state index in [9.17, 15) is 13.2 Å². The first kappa shape index (κ1) is 11.8. The molecule has 1 nitrogen and oxygen atoms in total. The highest BCUT2D eigenvalue weighted by Gasteiger charge is 2.43. The molecular formula is C10H18F3N. The summed E-state index contributed by atoms with van der Waals surface area (Å²) in [6, 6.07) is 0.254. The van der Waals surface area contributed by atoms with E-state index in [1.54, 1.807) is 0 Å². The van der Waals surface area contributed by atoms with Crippen LogP contribution in [0.25, 0.3) is 0 Å². The number of hydrogen-bond donors (Lipinski definition) is 1. The van der Waals surface area contributed by atoms with Crippen molar-refractivity contribution in [3.63, 3.8) is 0 Å². The van der Waals surface area contributed by atoms with Crippen LogP contribution in [0.2, 0.25) is 0 Å². The second-order valence-corrected chi connectivity index (χ2v) is 4.50. The molecule has 0 heterocycles. The van der Waals surface area contributed by atoms with Crippen LogP contribution in [0.3, 0.4) is 0 Å². The molecule has 0 aliphatic heterocycles. The Labute approximate surface area is 83.1 Å². The zero-order valence-electron chi connectivity index (χ0n) is 8.75. The second-order valence-electron chi connectivity index (χ2n) is 4.50. The minimum atomic E-state index is -4.00. The number of nitrogens with one attached hydrogen (secondary N) is 1. The van der Waals surface area contributed by atoms with Crippen LogP contribution in [-0.4, -0.2) is 19.3 Å². The van der Waals surface area contributed by atoms with Crippen molar-refractivity contribution in [3.05, 3.63) is 0 Å². The third kappa shape index (κ3) is 3.48. The Morgan fingerprint density at radius 3 is 2.29 bits per heavy atom. The topological polar surface area (TPSA) is 12.0 Å². The minimum Gasteiger partial charge on any atom is -0.316 e. The van der Waals surface area contributed by atoms with Gasteiger partial charge in [-0.15, -0.1) is 0 Å². The highest BCUT2D eigenvalue weighted by Crippen LogP contribution is 2.49. The van der Waals surface area contributed by atoms with Gasteiger partial charge in [0.05, 0.1) is 0 Å². The predicted octanol–water partition coefficient (Wildman–Crippen LogP) is 3.11. The van der Waals surface area contributed by atoms with Gasteiger partial charge in [0.1, 0.15) is 0 Å². The predicted molar refractivity (Wildman–Crippen MR) is 50.1 cm³/mol. The van der Waals surface area contributed by atoms with E-state index in [0.29, 0.717) is 6.42 Å². The van der Waals surface area contributed by atoms with Crippen molar-refractivity contribution in [1.29, 1.82) is 0 Å². The zero-order chi connectivity index (χ0) is 10.8. The molecule has 0 aromatic heterocycles. The van der Waals surface area contributed by atoms with Crippen molar-refractivity contribution in [2.24, 2.45) is 5.41 Å². The van der Waals surface area contributed by atoms with Gasteiger partial charge in [0, 0.05) is 12.5 Å². The number of alkyl halides is 3. The summed E-state index contributed by atoms with van der Waals surface area (Å²) in [6.07, 6.45) is -1.49. The second kappa shape index (κ2) is 4.09. The first-order valence-corrected chi connectivity index (χ1v) is 5.11. The SMILES string of the molecule is CNC(CCCC(F)(F)F)C1(C)CC1. The molecule has 1 saturated carbocycles. The summed E-state index contributed by atoms with van der Waals surface area (Å²) >= 11 is 0. The van der Waals surface area contributed by atoms with Crippen LogP contribution in [0, 0.1) is 5.41 Å². The van der Waals surface area contributed by atoms with Crippen molar-refractivity contribution in [2.75, 3.05) is 7.05 Å². The molecule has 0 aromatic carbocycles. The molecule has 14 heavy (non-hydrogen) atoms. The summed E-state index contributed by atoms with van der Waals surface area (Å²) in [5.41, 5.74) is 0.264. The van der Waals surface area contributed by atoms with Gasteiger partial charge in [-0.1, -0.05) is 6.92 Å². The summed E-state index contributed by atoms with van der Waals surface area (Å²) in [5, 5.41) is 3.12. The van der Waals surface area contributed by atoms with Crippen LogP contribution in [-0.2, 0) is 0 Å². The van der Waals surface area contributed by atoms with E-state index in [-0.39, 0.29) is 17.9 Å². The molecule has 1 aliphatic carbocycles. The van der Waals surface area contributed by atoms with Crippen LogP contribution < -0.4 is 5.32 Å². The van der Waals surface area contributed by atoms with Crippen LogP contribution in [0.1, 0.15) is 39.0 Å². The third-order valence-corrected chi connectivity index (χ3v) is 3.18. The van der Waals surface area contributed by atoms with E-state index in [2.05, 4.69) is 12.2 Å². The summed E-state index contributed by atoms with van der Waals surface area (Å²) in [7, 11) is 1.84. The van der Waals surface area contributed by atoms with E-state index in [4.69, 9.17) is 0 Å². The van der Waals surface area contributed by atoms with E-state index in [1.807, 2.05) is 7.05 Å². The molecule has 0 spiro atoms. The molecule has 1 atom stereocenters. The average molecular weight is 209 g/mol. The molecule has 1 aliphatic rings. The Bertz CT molecular complexity index is 184. The van der Waals surface area contributed by atoms with Crippen LogP contribution in [0.4, 0.5) is 13.2 Å². The lowest BCUT2D eigenvalue weighted by atomic mass is 9.94. The average Bonchev–Trinajstić information content (AvgIpc) is 2.76. The smallest absolute Gasteiger partial charge is 0.316 e. The highest BCUT2D eigenvalue weighted by atomic mass is 19.4. The normalized spacial score (nSPS) is 22.1. The molecule has 4 heteroatoms. The van der Waals surface area contributed by atoms with Crippen molar-refractivity contribution in [3.8, 4) is 0 Å². The maximum absolute atomic E-state index is 11.9. The molecule has 1 unspecified atom stereocenters. The van der Waals surface area contributed by atoms with Gasteiger partial charge in [-0.2, -0.15) is 13.2 Å². The summed E-state index contributed by atoms with van der Waals surface area (Å²) in [5.74, 6) is 0. The lowest BCUT2D eigenvalue weighted by molar-refractivity contribution is -0.136. The molecule has 0 saturated heterocycles. The fraction of sp³-hybridized carbons (Fsp3) is 1.00. The number of halogens is 3. The maximum Gasteiger partial charge on any atom is 0.389 e. The number of rotatable bonds is 5. The van der Waals surface area contributed by atoms with Gasteiger partial charge in [-0.25, -0.2) is 0 Å². The lowest BCUT2D eigenvalue weighted by Crippen LogP contribution is -2.33. The van der Waals surface area contributed by atoms with Gasteiger partial charge in [-0.05, 0) is 38.1 Å². The largest absolute Gasteiger partial charge is 0.389 e. The van der Waals surface area contributed by atoms with E-state index < -0.39 is 12.6 Å². The van der Waals surface area contributed by atoms with Gasteiger partial charge in [-0.3, -0.25) is 0 Å². The van der Waals surface area contributed by atoms with Gasteiger partial charge in [0.2, 0.25) is 0 Å². The van der Waals surface area contributed by atoms with Crippen LogP contribution >= 0.6 is 0 Å². The first-order valence-electron chi connectivity index (χ1n) is 5.11. The molecule has 1 rings (SSSR count). The molecular weight excluding hydrogens is 191 g/mol. The Hall–Kier alpha value is -0.250. The molecule has 0 radical (unpaired) electrons. The Morgan fingerprint density at radius 1 is 1.36 bits per heavy atom. The monoisotopic (exact) mass is 209 g/mol. The Morgan fingerprint density at radius 2 is 1.93 bits per heavy atom. The minimum absolute atomic E-state index is 0.241. The zero-order valence-corrected chi connectivity index (χ0v) is 8.75. The van der Waals surface area contributed by atoms with Crippen molar-refractivity contribution in [2.45, 2.75) is 51.2 Å². The molecule has 0 aromatic rings. The summed E-state index contributed by atoms with van der Waals surface area (Å²) < 4.78 is 35.7. The molecule has 0 amide bonds. The fourth-order valence-corrected chi connectivity index (χ4v) is 1.89. The first-order chi connectivity index (χ1) is 6.37. The highest BCUT2D eigenvalue weighted by molar-refractivity contribution is 4.98. The maximum atomic E-state index is 11.9. The van der Waals surface area contributed by atoms with Crippen molar-refractivity contribution < 1.29 is 13.2 Å². The molecule has 0 bridgehead atoms. The van der Waals surface area contributed by atoms with Gasteiger partial charge in [0.25, 0.3) is 0 Å². The van der Waals surface area contributed by atoms with Crippen LogP contribution in [0.5, 0.6) is 0 Å². The number of hydrogen-bond acceptors (Lipinski definition) is 1. The Balaban J connectivity index is 2.22. The summed E-state index contributed by atoms with van der Waals surface area (Å²) in [4.78, 5) is 0. The third-order valence-electron chi connectivity index (χ3n) is 3.18. The van der Waals surface area contributed by atoms with Gasteiger partial charge >= 0.3 is 6.18 Å². The van der Waals surface area contributed by atoms with Gasteiger partial charge in [0.15, 0.2) is 0 Å². The van der Waals surface area contributed by atoms with E-state index >= 15 is 0 Å². The van der Waals surface area contributed by atoms with Gasteiger partial charge < -0.3 is 5.32 Å². The molecule has 84 valence electrons. The van der Waals surface area contributed by atoms with E-state index in [1.165, 1.54) is 0 Å². The van der Waals surface area contributed by atoms with Crippen molar-refractivity contribution >= 4 is 0 Å². The van der Waals surface area contributed by atoms with Crippen molar-refractivity contribution in [1.82, 2.24) is 5.32 Å². The molecule has 1 fully saturated rings. The quantitative estimate of drug-likeness (QED) is 0.733.